The van der Waals surface area contributed by atoms with Crippen LogP contribution in [0.3, 0.4) is 0 Å². The van der Waals surface area contributed by atoms with Crippen molar-refractivity contribution < 1.29 is 18.7 Å². The topological polar surface area (TPSA) is 91.8 Å². The maximum absolute atomic E-state index is 15.0. The number of rotatable bonds is 6. The lowest BCUT2D eigenvalue weighted by atomic mass is 10.1. The molecule has 2 atom stereocenters. The molecule has 3 heterocycles. The number of carbonyl (C=O) groups excluding carboxylic acids is 2. The number of halogens is 1. The zero-order chi connectivity index (χ0) is 23.8. The zero-order valence-corrected chi connectivity index (χ0v) is 19.7. The van der Waals surface area contributed by atoms with Gasteiger partial charge in [0.25, 0.3) is 0 Å². The summed E-state index contributed by atoms with van der Waals surface area (Å²) in [6.07, 6.45) is 8.84. The van der Waals surface area contributed by atoms with E-state index in [1.165, 1.54) is 6.07 Å². The predicted molar refractivity (Wildman–Crippen MR) is 132 cm³/mol. The molecule has 1 aromatic carbocycles. The van der Waals surface area contributed by atoms with Crippen LogP contribution in [0.2, 0.25) is 0 Å². The second-order valence-corrected chi connectivity index (χ2v) is 9.82. The van der Waals surface area contributed by atoms with E-state index in [2.05, 4.69) is 27.0 Å². The molecular weight excluding hydrogens is 455 g/mol. The van der Waals surface area contributed by atoms with Crippen LogP contribution >= 0.6 is 11.3 Å². The number of dihydropyridines is 1. The molecule has 3 aliphatic rings. The highest BCUT2D eigenvalue weighted by atomic mass is 32.1. The molecular formula is C25H25FN4O3S. The van der Waals surface area contributed by atoms with E-state index >= 15 is 4.39 Å². The fraction of sp³-hybridized carbons (Fsp3) is 0.320. The summed E-state index contributed by atoms with van der Waals surface area (Å²) in [4.78, 5) is 29.4. The van der Waals surface area contributed by atoms with Crippen LogP contribution in [0.4, 0.5) is 20.6 Å². The maximum atomic E-state index is 15.0. The number of aliphatic imine (C=N–C) groups is 1. The van der Waals surface area contributed by atoms with Gasteiger partial charge in [-0.2, -0.15) is 0 Å². The van der Waals surface area contributed by atoms with Crippen LogP contribution in [0, 0.1) is 12.7 Å². The van der Waals surface area contributed by atoms with Crippen LogP contribution in [-0.4, -0.2) is 30.6 Å². The highest BCUT2D eigenvalue weighted by Crippen LogP contribution is 2.43. The summed E-state index contributed by atoms with van der Waals surface area (Å²) < 4.78 is 21.2. The van der Waals surface area contributed by atoms with E-state index in [9.17, 15) is 9.59 Å². The van der Waals surface area contributed by atoms with Gasteiger partial charge in [0, 0.05) is 34.3 Å². The Morgan fingerprint density at radius 1 is 1.35 bits per heavy atom. The summed E-state index contributed by atoms with van der Waals surface area (Å²) in [5, 5.41) is 8.80. The van der Waals surface area contributed by atoms with Crippen LogP contribution in [-0.2, 0) is 4.79 Å². The SMILES string of the molecule is Cc1c(OC2=CC(C)Nc3cc(C4CC=C(C=O)C=N4)sc32)ccc(NC(=O)NC2CC2)c1F. The van der Waals surface area contributed by atoms with Crippen molar-refractivity contribution in [2.45, 2.75) is 51.2 Å². The summed E-state index contributed by atoms with van der Waals surface area (Å²) in [5.41, 5.74) is 1.97. The lowest BCUT2D eigenvalue weighted by Gasteiger charge is -2.22. The van der Waals surface area contributed by atoms with E-state index in [4.69, 9.17) is 4.74 Å². The summed E-state index contributed by atoms with van der Waals surface area (Å²) in [5.74, 6) is 0.518. The van der Waals surface area contributed by atoms with Gasteiger partial charge < -0.3 is 20.7 Å². The first-order chi connectivity index (χ1) is 16.4. The molecule has 0 bridgehead atoms. The van der Waals surface area contributed by atoms with Gasteiger partial charge in [0.2, 0.25) is 0 Å². The Labute approximate surface area is 200 Å². The number of aldehydes is 1. The van der Waals surface area contributed by atoms with E-state index in [1.807, 2.05) is 19.1 Å². The van der Waals surface area contributed by atoms with Crippen LogP contribution in [0.15, 0.2) is 40.9 Å². The third-order valence-electron chi connectivity index (χ3n) is 5.92. The average molecular weight is 481 g/mol. The van der Waals surface area contributed by atoms with Crippen molar-refractivity contribution in [2.75, 3.05) is 10.6 Å². The van der Waals surface area contributed by atoms with Crippen LogP contribution < -0.4 is 20.7 Å². The number of anilines is 2. The lowest BCUT2D eigenvalue weighted by molar-refractivity contribution is -0.104. The largest absolute Gasteiger partial charge is 0.456 e. The zero-order valence-electron chi connectivity index (χ0n) is 18.9. The fourth-order valence-corrected chi connectivity index (χ4v) is 5.05. The number of nitrogens with zero attached hydrogens (tertiary/aromatic N) is 1. The number of benzene rings is 1. The summed E-state index contributed by atoms with van der Waals surface area (Å²) in [6, 6.07) is 5.01. The standard InChI is InChI=1S/C25H25FN4O3S/c1-13-9-21(24-19(28-13)10-22(34-24)17-6-3-15(12-31)11-27-17)33-20-8-7-18(23(26)14(20)2)30-25(32)29-16-4-5-16/h3,7-13,16-17,28H,4-6H2,1-2H3,(H2,29,30,32). The summed E-state index contributed by atoms with van der Waals surface area (Å²) in [7, 11) is 0. The molecule has 34 heavy (non-hydrogen) atoms. The van der Waals surface area contributed by atoms with Crippen molar-refractivity contribution in [3.63, 3.8) is 0 Å². The average Bonchev–Trinajstić information content (AvgIpc) is 3.53. The van der Waals surface area contributed by atoms with E-state index in [0.717, 1.165) is 34.6 Å². The first-order valence-corrected chi connectivity index (χ1v) is 12.1. The number of hydrogen-bond acceptors (Lipinski definition) is 6. The molecule has 176 valence electrons. The molecule has 0 radical (unpaired) electrons. The first kappa shape index (κ1) is 22.3. The number of allylic oxidation sites excluding steroid dienone is 1. The van der Waals surface area contributed by atoms with Gasteiger partial charge in [-0.1, -0.05) is 6.08 Å². The normalized spacial score (nSPS) is 21.0. The Morgan fingerprint density at radius 2 is 2.18 bits per heavy atom. The Kier molecular flexibility index (Phi) is 5.95. The Hall–Kier alpha value is -3.46. The van der Waals surface area contributed by atoms with E-state index in [0.29, 0.717) is 29.1 Å². The second-order valence-electron chi connectivity index (χ2n) is 8.73. The number of amides is 2. The molecule has 0 saturated heterocycles. The quantitative estimate of drug-likeness (QED) is 0.486. The third kappa shape index (κ3) is 4.61. The third-order valence-corrected chi connectivity index (χ3v) is 7.17. The lowest BCUT2D eigenvalue weighted by Crippen LogP contribution is -2.30. The van der Waals surface area contributed by atoms with Crippen molar-refractivity contribution in [3.05, 3.63) is 57.1 Å². The van der Waals surface area contributed by atoms with Crippen molar-refractivity contribution in [2.24, 2.45) is 4.99 Å². The molecule has 9 heteroatoms. The molecule has 1 aromatic heterocycles. The summed E-state index contributed by atoms with van der Waals surface area (Å²) >= 11 is 1.57. The van der Waals surface area contributed by atoms with E-state index < -0.39 is 11.8 Å². The van der Waals surface area contributed by atoms with E-state index in [1.54, 1.807) is 30.5 Å². The van der Waals surface area contributed by atoms with Gasteiger partial charge in [-0.15, -0.1) is 11.3 Å². The predicted octanol–water partition coefficient (Wildman–Crippen LogP) is 5.35. The van der Waals surface area contributed by atoms with Crippen molar-refractivity contribution in [1.29, 1.82) is 0 Å². The van der Waals surface area contributed by atoms with Crippen molar-refractivity contribution >= 4 is 47.0 Å². The van der Waals surface area contributed by atoms with Crippen molar-refractivity contribution in [1.82, 2.24) is 5.32 Å². The second kappa shape index (κ2) is 9.06. The number of urea groups is 1. The fourth-order valence-electron chi connectivity index (χ4n) is 3.90. The molecule has 1 fully saturated rings. The van der Waals surface area contributed by atoms with Crippen LogP contribution in [0.1, 0.15) is 47.5 Å². The number of thiophene rings is 1. The number of hydrogen-bond donors (Lipinski definition) is 3. The van der Waals surface area contributed by atoms with Gasteiger partial charge in [-0.25, -0.2) is 9.18 Å². The number of fused-ring (bicyclic) bond motifs is 1. The van der Waals surface area contributed by atoms with Gasteiger partial charge in [0.1, 0.15) is 11.5 Å². The minimum atomic E-state index is -0.521. The Morgan fingerprint density at radius 3 is 2.88 bits per heavy atom. The number of nitrogens with one attached hydrogen (secondary N) is 3. The van der Waals surface area contributed by atoms with E-state index in [-0.39, 0.29) is 23.8 Å². The summed E-state index contributed by atoms with van der Waals surface area (Å²) in [6.45, 7) is 3.65. The number of ether oxygens (including phenoxy) is 1. The molecule has 1 aliphatic carbocycles. The Bertz CT molecular complexity index is 1250. The Balaban J connectivity index is 1.35. The van der Waals surface area contributed by atoms with Gasteiger partial charge >= 0.3 is 6.03 Å². The highest BCUT2D eigenvalue weighted by Gasteiger charge is 2.26. The molecule has 2 amide bonds. The molecule has 3 N–H and O–H groups in total. The minimum Gasteiger partial charge on any atom is -0.456 e. The van der Waals surface area contributed by atoms with Gasteiger partial charge in [-0.3, -0.25) is 9.79 Å². The van der Waals surface area contributed by atoms with Gasteiger partial charge in [0.05, 0.1) is 22.3 Å². The maximum Gasteiger partial charge on any atom is 0.319 e. The van der Waals surface area contributed by atoms with Gasteiger partial charge in [0.15, 0.2) is 12.1 Å². The monoisotopic (exact) mass is 480 g/mol. The highest BCUT2D eigenvalue weighted by molar-refractivity contribution is 7.13. The molecule has 7 nitrogen and oxygen atoms in total. The minimum absolute atomic E-state index is 0.0265. The molecule has 0 spiro atoms. The molecule has 2 aliphatic heterocycles. The molecule has 5 rings (SSSR count). The molecule has 2 aromatic rings. The first-order valence-electron chi connectivity index (χ1n) is 11.3. The van der Waals surface area contributed by atoms with Crippen molar-refractivity contribution in [3.8, 4) is 5.75 Å². The van der Waals surface area contributed by atoms with Gasteiger partial charge in [-0.05, 0) is 57.4 Å². The molecule has 2 unspecified atom stereocenters. The van der Waals surface area contributed by atoms with Crippen LogP contribution in [0.5, 0.6) is 5.75 Å². The smallest absolute Gasteiger partial charge is 0.319 e. The van der Waals surface area contributed by atoms with Crippen LogP contribution in [0.25, 0.3) is 5.76 Å². The molecule has 1 saturated carbocycles. The number of carbonyl (C=O) groups is 2.